The van der Waals surface area contributed by atoms with Crippen molar-refractivity contribution in [1.29, 1.82) is 0 Å². The minimum Gasteiger partial charge on any atom is -0.493 e. The van der Waals surface area contributed by atoms with Crippen molar-refractivity contribution in [2.45, 2.75) is 35.8 Å². The number of rotatable bonds is 1. The summed E-state index contributed by atoms with van der Waals surface area (Å²) in [5.74, 6) is 2.29. The first-order chi connectivity index (χ1) is 10.7. The highest BCUT2D eigenvalue weighted by molar-refractivity contribution is 6.22. The Morgan fingerprint density at radius 2 is 2.23 bits per heavy atom. The fourth-order valence-corrected chi connectivity index (χ4v) is 5.72. The normalized spacial score (nSPS) is 41.0. The standard InChI is InChI=1S/C18H20ClNO2/c1-20-8-7-18-11-4-5-12(19)17(18)22-16-14(21-2)6-3-10(15(16)18)9-13(11)20/h3-6,11-13,17H,7-9H2,1-2H3/t11-,12-,13+,17+,18-/m0/s1. The van der Waals surface area contributed by atoms with Gasteiger partial charge in [-0.3, -0.25) is 0 Å². The van der Waals surface area contributed by atoms with Crippen LogP contribution < -0.4 is 9.47 Å². The number of nitrogens with zero attached hydrogens (tertiary/aromatic N) is 1. The molecule has 2 aliphatic heterocycles. The lowest BCUT2D eigenvalue weighted by Gasteiger charge is -2.56. The number of ether oxygens (including phenoxy) is 2. The van der Waals surface area contributed by atoms with Crippen LogP contribution in [-0.2, 0) is 11.8 Å². The number of hydrogen-bond acceptors (Lipinski definition) is 3. The van der Waals surface area contributed by atoms with Crippen molar-refractivity contribution in [3.8, 4) is 11.5 Å². The summed E-state index contributed by atoms with van der Waals surface area (Å²) in [6.45, 7) is 1.11. The topological polar surface area (TPSA) is 21.7 Å². The lowest BCUT2D eigenvalue weighted by atomic mass is 9.53. The molecule has 0 unspecified atom stereocenters. The third kappa shape index (κ3) is 1.34. The first-order valence-corrected chi connectivity index (χ1v) is 8.50. The third-order valence-corrected chi connectivity index (χ3v) is 6.69. The van der Waals surface area contributed by atoms with Crippen molar-refractivity contribution in [3.05, 3.63) is 35.4 Å². The van der Waals surface area contributed by atoms with E-state index in [9.17, 15) is 0 Å². The van der Waals surface area contributed by atoms with Gasteiger partial charge in [-0.25, -0.2) is 0 Å². The number of methoxy groups -OCH3 is 1. The molecule has 0 N–H and O–H groups in total. The van der Waals surface area contributed by atoms with Gasteiger partial charge < -0.3 is 14.4 Å². The van der Waals surface area contributed by atoms with Gasteiger partial charge in [-0.2, -0.15) is 0 Å². The van der Waals surface area contributed by atoms with E-state index < -0.39 is 0 Å². The van der Waals surface area contributed by atoms with E-state index in [0.717, 1.165) is 30.9 Å². The molecule has 4 heteroatoms. The van der Waals surface area contributed by atoms with Crippen molar-refractivity contribution in [3.63, 3.8) is 0 Å². The second-order valence-corrected chi connectivity index (χ2v) is 7.57. The van der Waals surface area contributed by atoms with E-state index in [1.54, 1.807) is 7.11 Å². The van der Waals surface area contributed by atoms with E-state index in [1.165, 1.54) is 11.1 Å². The van der Waals surface area contributed by atoms with Crippen LogP contribution in [0.1, 0.15) is 17.5 Å². The summed E-state index contributed by atoms with van der Waals surface area (Å²) in [5.41, 5.74) is 2.85. The van der Waals surface area contributed by atoms with Crippen LogP contribution in [0.2, 0.25) is 0 Å². The molecular formula is C18H20ClNO2. The molecule has 0 aromatic heterocycles. The van der Waals surface area contributed by atoms with Crippen molar-refractivity contribution >= 4 is 11.6 Å². The van der Waals surface area contributed by atoms with Crippen molar-refractivity contribution in [2.75, 3.05) is 20.7 Å². The smallest absolute Gasteiger partial charge is 0.165 e. The predicted octanol–water partition coefficient (Wildman–Crippen LogP) is 2.75. The molecule has 3 nitrogen and oxygen atoms in total. The second-order valence-electron chi connectivity index (χ2n) is 7.07. The summed E-state index contributed by atoms with van der Waals surface area (Å²) < 4.78 is 12.0. The van der Waals surface area contributed by atoms with Crippen molar-refractivity contribution in [1.82, 2.24) is 4.90 Å². The Kier molecular flexibility index (Phi) is 2.54. The first kappa shape index (κ1) is 13.3. The largest absolute Gasteiger partial charge is 0.493 e. The quantitative estimate of drug-likeness (QED) is 0.587. The molecule has 1 aromatic rings. The average molecular weight is 318 g/mol. The van der Waals surface area contributed by atoms with Crippen molar-refractivity contribution < 1.29 is 9.47 Å². The van der Waals surface area contributed by atoms with Gasteiger partial charge in [0.1, 0.15) is 6.10 Å². The van der Waals surface area contributed by atoms with Gasteiger partial charge in [0.15, 0.2) is 11.5 Å². The molecule has 2 heterocycles. The number of hydrogen-bond donors (Lipinski definition) is 0. The molecule has 0 radical (unpaired) electrons. The SMILES string of the molecule is COc1ccc2c3c1O[C@@H]1[C@@H](Cl)C=C[C@H]4[C@@H](C2)N(C)CC[C@]314. The highest BCUT2D eigenvalue weighted by Gasteiger charge is 2.64. The van der Waals surface area contributed by atoms with Crippen molar-refractivity contribution in [2.24, 2.45) is 5.92 Å². The molecule has 1 fully saturated rings. The van der Waals surface area contributed by atoms with Gasteiger partial charge in [0, 0.05) is 22.9 Å². The van der Waals surface area contributed by atoms with Crippen LogP contribution in [0.3, 0.4) is 0 Å². The van der Waals surface area contributed by atoms with Gasteiger partial charge >= 0.3 is 0 Å². The van der Waals surface area contributed by atoms with Crippen LogP contribution in [0.15, 0.2) is 24.3 Å². The monoisotopic (exact) mass is 317 g/mol. The van der Waals surface area contributed by atoms with E-state index in [-0.39, 0.29) is 16.9 Å². The lowest BCUT2D eigenvalue weighted by molar-refractivity contribution is 0.00341. The number of likely N-dealkylation sites (N-methyl/N-ethyl adjacent to an activating group) is 1. The number of halogens is 1. The Morgan fingerprint density at radius 3 is 3.05 bits per heavy atom. The van der Waals surface area contributed by atoms with Gasteiger partial charge in [0.2, 0.25) is 0 Å². The van der Waals surface area contributed by atoms with E-state index in [2.05, 4.69) is 36.2 Å². The van der Waals surface area contributed by atoms with Gasteiger partial charge in [0.05, 0.1) is 12.5 Å². The fraction of sp³-hybridized carbons (Fsp3) is 0.556. The summed E-state index contributed by atoms with van der Waals surface area (Å²) in [5, 5.41) is -0.0663. The minimum absolute atomic E-state index is 0.0331. The molecule has 5 rings (SSSR count). The molecule has 1 aromatic carbocycles. The molecule has 5 atom stereocenters. The molecule has 2 aliphatic carbocycles. The molecule has 4 aliphatic rings. The number of alkyl halides is 1. The number of benzene rings is 1. The molecule has 1 spiro atoms. The van der Waals surface area contributed by atoms with E-state index in [1.807, 2.05) is 0 Å². The Labute approximate surface area is 135 Å². The number of piperidine rings is 1. The maximum absolute atomic E-state index is 6.66. The van der Waals surface area contributed by atoms with Gasteiger partial charge in [-0.05, 0) is 38.1 Å². The zero-order valence-electron chi connectivity index (χ0n) is 12.9. The molecule has 22 heavy (non-hydrogen) atoms. The summed E-state index contributed by atoms with van der Waals surface area (Å²) >= 11 is 6.66. The summed E-state index contributed by atoms with van der Waals surface area (Å²) in [4.78, 5) is 2.51. The number of likely N-dealkylation sites (tertiary alicyclic amines) is 1. The second kappa shape index (κ2) is 4.21. The van der Waals surface area contributed by atoms with Crippen LogP contribution >= 0.6 is 11.6 Å². The zero-order chi connectivity index (χ0) is 15.1. The van der Waals surface area contributed by atoms with Gasteiger partial charge in [0.25, 0.3) is 0 Å². The Morgan fingerprint density at radius 1 is 1.36 bits per heavy atom. The fourth-order valence-electron chi connectivity index (χ4n) is 5.36. The lowest BCUT2D eigenvalue weighted by Crippen LogP contribution is -2.64. The van der Waals surface area contributed by atoms with Gasteiger partial charge in [-0.1, -0.05) is 18.2 Å². The molecule has 1 saturated heterocycles. The summed E-state index contributed by atoms with van der Waals surface area (Å²) in [6, 6.07) is 4.83. The van der Waals surface area contributed by atoms with Gasteiger partial charge in [-0.15, -0.1) is 11.6 Å². The van der Waals surface area contributed by atoms with Crippen LogP contribution in [0.4, 0.5) is 0 Å². The average Bonchev–Trinajstić information content (AvgIpc) is 2.88. The zero-order valence-corrected chi connectivity index (χ0v) is 13.6. The molecule has 0 amide bonds. The van der Waals surface area contributed by atoms with Crippen LogP contribution in [-0.4, -0.2) is 43.1 Å². The molecular weight excluding hydrogens is 298 g/mol. The van der Waals surface area contributed by atoms with E-state index in [0.29, 0.717) is 12.0 Å². The summed E-state index contributed by atoms with van der Waals surface area (Å²) in [7, 11) is 3.97. The summed E-state index contributed by atoms with van der Waals surface area (Å²) in [6.07, 6.45) is 6.73. The maximum Gasteiger partial charge on any atom is 0.165 e. The molecule has 2 bridgehead atoms. The van der Waals surface area contributed by atoms with Crippen LogP contribution in [0.5, 0.6) is 11.5 Å². The van der Waals surface area contributed by atoms with E-state index in [4.69, 9.17) is 21.1 Å². The Balaban J connectivity index is 1.82. The Bertz CT molecular complexity index is 688. The first-order valence-electron chi connectivity index (χ1n) is 8.06. The maximum atomic E-state index is 6.66. The third-order valence-electron chi connectivity index (χ3n) is 6.32. The molecule has 116 valence electrons. The Hall–Kier alpha value is -1.19. The minimum atomic E-state index is -0.0663. The highest BCUT2D eigenvalue weighted by Crippen LogP contribution is 2.62. The highest BCUT2D eigenvalue weighted by atomic mass is 35.5. The predicted molar refractivity (Wildman–Crippen MR) is 86.1 cm³/mol. The van der Waals surface area contributed by atoms with Crippen LogP contribution in [0.25, 0.3) is 0 Å². The molecule has 0 saturated carbocycles. The van der Waals surface area contributed by atoms with Crippen LogP contribution in [0, 0.1) is 5.92 Å². The van der Waals surface area contributed by atoms with E-state index >= 15 is 0 Å².